The highest BCUT2D eigenvalue weighted by atomic mass is 32.1. The molecule has 2 aromatic heterocycles. The summed E-state index contributed by atoms with van der Waals surface area (Å²) in [6.07, 6.45) is 1.38. The Morgan fingerprint density at radius 3 is 2.64 bits per heavy atom. The maximum atomic E-state index is 13.4. The molecule has 4 aromatic rings. The molecule has 1 saturated heterocycles. The minimum Gasteiger partial charge on any atom is -0.497 e. The standard InChI is InChI=1S/C25H24N4O3S/c1-32-20-9-5-8-19(16-20)29-24(31)22-21(12-15-33-22)27-25(29)28-13-10-17(11-14-28)23(30)26-18-6-3-2-4-7-18/h2-9,12,15-17H,10-11,13-14H2,1H3,(H,26,30). The lowest BCUT2D eigenvalue weighted by atomic mass is 9.96. The van der Waals surface area contributed by atoms with E-state index in [0.717, 1.165) is 5.69 Å². The smallest absolute Gasteiger partial charge is 0.277 e. The number of carbonyl (C=O) groups excluding carboxylic acids is 1. The van der Waals surface area contributed by atoms with Crippen LogP contribution in [0.1, 0.15) is 12.8 Å². The number of piperidine rings is 1. The molecule has 0 unspecified atom stereocenters. The molecule has 0 saturated carbocycles. The summed E-state index contributed by atoms with van der Waals surface area (Å²) in [6.45, 7) is 1.28. The van der Waals surface area contributed by atoms with Gasteiger partial charge in [-0.2, -0.15) is 0 Å². The Balaban J connectivity index is 1.43. The van der Waals surface area contributed by atoms with Crippen LogP contribution in [0.3, 0.4) is 0 Å². The Kier molecular flexibility index (Phi) is 5.83. The van der Waals surface area contributed by atoms with Crippen molar-refractivity contribution in [1.82, 2.24) is 9.55 Å². The Labute approximate surface area is 195 Å². The Morgan fingerprint density at radius 1 is 1.09 bits per heavy atom. The first-order valence-corrected chi connectivity index (χ1v) is 11.8. The molecule has 5 rings (SSSR count). The summed E-state index contributed by atoms with van der Waals surface area (Å²) >= 11 is 1.39. The summed E-state index contributed by atoms with van der Waals surface area (Å²) in [6, 6.07) is 18.8. The van der Waals surface area contributed by atoms with Crippen molar-refractivity contribution in [2.45, 2.75) is 12.8 Å². The predicted octanol–water partition coefficient (Wildman–Crippen LogP) is 4.31. The highest BCUT2D eigenvalue weighted by Gasteiger charge is 2.28. The minimum atomic E-state index is -0.0952. The second-order valence-corrected chi connectivity index (χ2v) is 8.92. The molecule has 8 heteroatoms. The number of nitrogens with one attached hydrogen (secondary N) is 1. The molecule has 7 nitrogen and oxygen atoms in total. The van der Waals surface area contributed by atoms with Crippen LogP contribution >= 0.6 is 11.3 Å². The number of benzene rings is 2. The van der Waals surface area contributed by atoms with E-state index >= 15 is 0 Å². The number of hydrogen-bond donors (Lipinski definition) is 1. The third-order valence-electron chi connectivity index (χ3n) is 5.96. The van der Waals surface area contributed by atoms with Crippen LogP contribution in [0.25, 0.3) is 15.9 Å². The number of fused-ring (bicyclic) bond motifs is 1. The fourth-order valence-electron chi connectivity index (χ4n) is 4.20. The Bertz CT molecular complexity index is 1340. The van der Waals surface area contributed by atoms with E-state index in [9.17, 15) is 9.59 Å². The molecular weight excluding hydrogens is 436 g/mol. The lowest BCUT2D eigenvalue weighted by Gasteiger charge is -2.33. The van der Waals surface area contributed by atoms with E-state index in [1.165, 1.54) is 11.3 Å². The summed E-state index contributed by atoms with van der Waals surface area (Å²) in [5, 5.41) is 4.89. The van der Waals surface area contributed by atoms with E-state index in [-0.39, 0.29) is 17.4 Å². The van der Waals surface area contributed by atoms with E-state index in [2.05, 4.69) is 10.2 Å². The highest BCUT2D eigenvalue weighted by molar-refractivity contribution is 7.17. The summed E-state index contributed by atoms with van der Waals surface area (Å²) < 4.78 is 7.65. The Morgan fingerprint density at radius 2 is 1.88 bits per heavy atom. The van der Waals surface area contributed by atoms with E-state index in [1.54, 1.807) is 11.7 Å². The van der Waals surface area contributed by atoms with E-state index in [1.807, 2.05) is 66.0 Å². The number of carbonyl (C=O) groups is 1. The van der Waals surface area contributed by atoms with Gasteiger partial charge in [0, 0.05) is 30.8 Å². The molecule has 1 amide bonds. The van der Waals surface area contributed by atoms with Crippen LogP contribution in [0.2, 0.25) is 0 Å². The zero-order valence-corrected chi connectivity index (χ0v) is 19.0. The summed E-state index contributed by atoms with van der Waals surface area (Å²) in [7, 11) is 1.61. The number of aromatic nitrogens is 2. The van der Waals surface area contributed by atoms with Crippen LogP contribution in [-0.2, 0) is 4.79 Å². The average molecular weight is 461 g/mol. The van der Waals surface area contributed by atoms with Gasteiger partial charge in [0.1, 0.15) is 10.4 Å². The van der Waals surface area contributed by atoms with Crippen molar-refractivity contribution < 1.29 is 9.53 Å². The SMILES string of the molecule is COc1cccc(-n2c(N3CCC(C(=O)Nc4ccccc4)CC3)nc3ccsc3c2=O)c1. The van der Waals surface area contributed by atoms with E-state index in [0.29, 0.717) is 53.5 Å². The summed E-state index contributed by atoms with van der Waals surface area (Å²) in [5.41, 5.74) is 2.12. The van der Waals surface area contributed by atoms with Gasteiger partial charge in [0.05, 0.1) is 18.3 Å². The molecule has 3 heterocycles. The average Bonchev–Trinajstić information content (AvgIpc) is 3.34. The predicted molar refractivity (Wildman–Crippen MR) is 132 cm³/mol. The third-order valence-corrected chi connectivity index (χ3v) is 6.86. The first kappa shape index (κ1) is 21.2. The molecule has 1 aliphatic rings. The molecule has 0 bridgehead atoms. The van der Waals surface area contributed by atoms with Gasteiger partial charge in [-0.05, 0) is 48.6 Å². The van der Waals surface area contributed by atoms with Crippen molar-refractivity contribution >= 4 is 39.1 Å². The molecule has 0 atom stereocenters. The number of thiophene rings is 1. The van der Waals surface area contributed by atoms with Crippen molar-refractivity contribution in [3.63, 3.8) is 0 Å². The molecular formula is C25H24N4O3S. The molecule has 1 N–H and O–H groups in total. The second-order valence-electron chi connectivity index (χ2n) is 8.01. The number of hydrogen-bond acceptors (Lipinski definition) is 6. The highest BCUT2D eigenvalue weighted by Crippen LogP contribution is 2.28. The first-order valence-electron chi connectivity index (χ1n) is 10.9. The van der Waals surface area contributed by atoms with Crippen molar-refractivity contribution in [1.29, 1.82) is 0 Å². The maximum Gasteiger partial charge on any atom is 0.277 e. The molecule has 168 valence electrons. The van der Waals surface area contributed by atoms with Gasteiger partial charge in [0.25, 0.3) is 5.56 Å². The topological polar surface area (TPSA) is 76.5 Å². The van der Waals surface area contributed by atoms with E-state index in [4.69, 9.17) is 9.72 Å². The normalized spacial score (nSPS) is 14.4. The molecule has 1 fully saturated rings. The van der Waals surface area contributed by atoms with Crippen LogP contribution < -0.4 is 20.5 Å². The lowest BCUT2D eigenvalue weighted by molar-refractivity contribution is -0.120. The van der Waals surface area contributed by atoms with Gasteiger partial charge in [-0.25, -0.2) is 9.55 Å². The number of ether oxygens (including phenoxy) is 1. The zero-order valence-electron chi connectivity index (χ0n) is 18.2. The van der Waals surface area contributed by atoms with Gasteiger partial charge < -0.3 is 15.0 Å². The zero-order chi connectivity index (χ0) is 22.8. The number of nitrogens with zero attached hydrogens (tertiary/aromatic N) is 3. The van der Waals surface area contributed by atoms with Crippen molar-refractivity contribution in [3.05, 3.63) is 76.4 Å². The van der Waals surface area contributed by atoms with Crippen molar-refractivity contribution in [3.8, 4) is 11.4 Å². The van der Waals surface area contributed by atoms with Gasteiger partial charge >= 0.3 is 0 Å². The first-order chi connectivity index (χ1) is 16.1. The van der Waals surface area contributed by atoms with Gasteiger partial charge in [-0.15, -0.1) is 11.3 Å². The maximum absolute atomic E-state index is 13.4. The monoisotopic (exact) mass is 460 g/mol. The van der Waals surface area contributed by atoms with Gasteiger partial charge in [0.15, 0.2) is 0 Å². The number of rotatable bonds is 5. The number of methoxy groups -OCH3 is 1. The van der Waals surface area contributed by atoms with Crippen LogP contribution in [0, 0.1) is 5.92 Å². The summed E-state index contributed by atoms with van der Waals surface area (Å²) in [5.74, 6) is 1.23. The lowest BCUT2D eigenvalue weighted by Crippen LogP contribution is -2.41. The third kappa shape index (κ3) is 4.21. The van der Waals surface area contributed by atoms with E-state index < -0.39 is 0 Å². The number of para-hydroxylation sites is 1. The van der Waals surface area contributed by atoms with Crippen LogP contribution in [0.5, 0.6) is 5.75 Å². The minimum absolute atomic E-state index is 0.0345. The molecule has 2 aromatic carbocycles. The Hall–Kier alpha value is -3.65. The molecule has 0 aliphatic carbocycles. The molecule has 1 aliphatic heterocycles. The van der Waals surface area contributed by atoms with Crippen LogP contribution in [0.4, 0.5) is 11.6 Å². The fraction of sp³-hybridized carbons (Fsp3) is 0.240. The van der Waals surface area contributed by atoms with Crippen molar-refractivity contribution in [2.75, 3.05) is 30.4 Å². The summed E-state index contributed by atoms with van der Waals surface area (Å²) in [4.78, 5) is 33.1. The molecule has 33 heavy (non-hydrogen) atoms. The van der Waals surface area contributed by atoms with Gasteiger partial charge in [-0.1, -0.05) is 24.3 Å². The van der Waals surface area contributed by atoms with Crippen LogP contribution in [0.15, 0.2) is 70.8 Å². The number of anilines is 2. The fourth-order valence-corrected chi connectivity index (χ4v) is 4.96. The second kappa shape index (κ2) is 9.07. The largest absolute Gasteiger partial charge is 0.497 e. The van der Waals surface area contributed by atoms with Gasteiger partial charge in [0.2, 0.25) is 11.9 Å². The van der Waals surface area contributed by atoms with Crippen LogP contribution in [-0.4, -0.2) is 35.7 Å². The molecule has 0 spiro atoms. The molecule has 0 radical (unpaired) electrons. The quantitative estimate of drug-likeness (QED) is 0.480. The van der Waals surface area contributed by atoms with Crippen molar-refractivity contribution in [2.24, 2.45) is 5.92 Å². The number of amides is 1. The van der Waals surface area contributed by atoms with Gasteiger partial charge in [-0.3, -0.25) is 9.59 Å².